The monoisotopic (exact) mass is 719 g/mol. The summed E-state index contributed by atoms with van der Waals surface area (Å²) in [5.41, 5.74) is 3.62. The van der Waals surface area contributed by atoms with Gasteiger partial charge in [-0.25, -0.2) is 23.2 Å². The first-order valence-electron chi connectivity index (χ1n) is 17.9. The van der Waals surface area contributed by atoms with Crippen molar-refractivity contribution in [2.24, 2.45) is 23.7 Å². The van der Waals surface area contributed by atoms with Crippen molar-refractivity contribution < 1.29 is 27.8 Å². The maximum atomic E-state index is 13.4. The number of hydrogen-bond donors (Lipinski definition) is 1. The molecule has 9 nitrogen and oxygen atoms in total. The Morgan fingerprint density at radius 2 is 1.96 bits per heavy atom. The number of rotatable bonds is 8. The molecule has 2 saturated carbocycles. The molecule has 1 aromatic heterocycles. The van der Waals surface area contributed by atoms with Gasteiger partial charge in [-0.1, -0.05) is 43.2 Å². The lowest BCUT2D eigenvalue weighted by molar-refractivity contribution is 0.0452. The van der Waals surface area contributed by atoms with Gasteiger partial charge in [-0.15, -0.1) is 0 Å². The van der Waals surface area contributed by atoms with E-state index in [0.717, 1.165) is 68.0 Å². The first kappa shape index (κ1) is 35.0. The van der Waals surface area contributed by atoms with Crippen LogP contribution in [0.4, 0.5) is 5.69 Å². The number of nitrogens with zero attached hydrogens (tertiary/aromatic N) is 3. The van der Waals surface area contributed by atoms with Gasteiger partial charge in [0.05, 0.1) is 36.3 Å². The second-order valence-electron chi connectivity index (χ2n) is 14.7. The molecule has 1 spiro atoms. The van der Waals surface area contributed by atoms with E-state index in [2.05, 4.69) is 33.1 Å². The number of allylic oxidation sites excluding steroid dienone is 1. The summed E-state index contributed by atoms with van der Waals surface area (Å²) in [5.74, 6) is 0.539. The number of hydrogen-bond acceptors (Lipinski definition) is 9. The number of halogens is 1. The van der Waals surface area contributed by atoms with Gasteiger partial charge in [0, 0.05) is 35.9 Å². The highest BCUT2D eigenvalue weighted by Gasteiger charge is 2.45. The SMILES string of the molecule is COC(=O)c1ccc2c(c1)N(C[C@@H]1CC[C@H]1[C@@H](O)/C=C/[C@@H]1CCC[C@@H](S(=O)(=O)c3ncccn3)[C@H]1C)C[C@@]1(CCCc3cc(Cl)ccc31)CO2. The van der Waals surface area contributed by atoms with E-state index in [1.165, 1.54) is 30.6 Å². The van der Waals surface area contributed by atoms with Crippen molar-refractivity contribution in [1.82, 2.24) is 9.97 Å². The van der Waals surface area contributed by atoms with Crippen LogP contribution in [0.25, 0.3) is 0 Å². The summed E-state index contributed by atoms with van der Waals surface area (Å²) in [4.78, 5) is 23.1. The van der Waals surface area contributed by atoms with Crippen molar-refractivity contribution >= 4 is 33.1 Å². The normalized spacial score (nSPS) is 28.6. The van der Waals surface area contributed by atoms with Gasteiger partial charge < -0.3 is 19.5 Å². The fourth-order valence-electron chi connectivity index (χ4n) is 8.95. The lowest BCUT2D eigenvalue weighted by Gasteiger charge is -2.45. The molecule has 0 bridgehead atoms. The lowest BCUT2D eigenvalue weighted by atomic mass is 9.68. The zero-order valence-corrected chi connectivity index (χ0v) is 30.3. The molecule has 3 aliphatic carbocycles. The Bertz CT molecular complexity index is 1860. The molecule has 3 aromatic rings. The summed E-state index contributed by atoms with van der Waals surface area (Å²) in [6, 6.07) is 13.3. The van der Waals surface area contributed by atoms with Crippen molar-refractivity contribution in [3.8, 4) is 5.75 Å². The van der Waals surface area contributed by atoms with Crippen LogP contribution in [0.15, 0.2) is 72.2 Å². The van der Waals surface area contributed by atoms with E-state index in [1.807, 2.05) is 31.2 Å². The van der Waals surface area contributed by atoms with Gasteiger partial charge in [-0.2, -0.15) is 0 Å². The van der Waals surface area contributed by atoms with Gasteiger partial charge in [-0.3, -0.25) is 0 Å². The number of fused-ring (bicyclic) bond motifs is 3. The smallest absolute Gasteiger partial charge is 0.337 e. The average molecular weight is 720 g/mol. The number of carbonyl (C=O) groups is 1. The molecule has 0 saturated heterocycles. The minimum Gasteiger partial charge on any atom is -0.490 e. The van der Waals surface area contributed by atoms with Gasteiger partial charge >= 0.3 is 5.97 Å². The fraction of sp³-hybridized carbons (Fsp3) is 0.513. The molecule has 0 amide bonds. The predicted molar refractivity (Wildman–Crippen MR) is 192 cm³/mol. The van der Waals surface area contributed by atoms with E-state index in [-0.39, 0.29) is 34.2 Å². The highest BCUT2D eigenvalue weighted by atomic mass is 35.5. The molecule has 2 aromatic carbocycles. The lowest BCUT2D eigenvalue weighted by Crippen LogP contribution is -2.49. The van der Waals surface area contributed by atoms with E-state index in [1.54, 1.807) is 12.1 Å². The van der Waals surface area contributed by atoms with Gasteiger partial charge in [0.1, 0.15) is 5.75 Å². The summed E-state index contributed by atoms with van der Waals surface area (Å²) in [5, 5.41) is 11.6. The maximum Gasteiger partial charge on any atom is 0.337 e. The quantitative estimate of drug-likeness (QED) is 0.156. The van der Waals surface area contributed by atoms with Crippen molar-refractivity contribution in [2.75, 3.05) is 31.7 Å². The average Bonchev–Trinajstić information content (AvgIpc) is 3.26. The Labute approximate surface area is 300 Å². The largest absolute Gasteiger partial charge is 0.490 e. The van der Waals surface area contributed by atoms with Crippen molar-refractivity contribution in [1.29, 1.82) is 0 Å². The molecule has 0 unspecified atom stereocenters. The highest BCUT2D eigenvalue weighted by molar-refractivity contribution is 7.91. The Morgan fingerprint density at radius 3 is 2.72 bits per heavy atom. The summed E-state index contributed by atoms with van der Waals surface area (Å²) in [6.45, 7) is 3.94. The maximum absolute atomic E-state index is 13.4. The Kier molecular flexibility index (Phi) is 9.98. The van der Waals surface area contributed by atoms with Gasteiger partial charge in [-0.05, 0) is 116 Å². The Hall–Kier alpha value is -3.47. The number of aliphatic hydroxyl groups excluding tert-OH is 1. The molecular weight excluding hydrogens is 674 g/mol. The van der Waals surface area contributed by atoms with Crippen LogP contribution in [0.3, 0.4) is 0 Å². The molecule has 50 heavy (non-hydrogen) atoms. The third kappa shape index (κ3) is 6.66. The molecule has 1 N–H and O–H groups in total. The van der Waals surface area contributed by atoms with E-state index in [9.17, 15) is 18.3 Å². The van der Waals surface area contributed by atoms with Crippen LogP contribution < -0.4 is 9.64 Å². The van der Waals surface area contributed by atoms with Crippen LogP contribution in [0.2, 0.25) is 5.02 Å². The summed E-state index contributed by atoms with van der Waals surface area (Å²) < 4.78 is 38.5. The molecule has 4 aliphatic rings. The first-order valence-corrected chi connectivity index (χ1v) is 19.8. The van der Waals surface area contributed by atoms with Crippen LogP contribution in [0, 0.1) is 23.7 Å². The van der Waals surface area contributed by atoms with E-state index in [0.29, 0.717) is 25.1 Å². The molecule has 11 heteroatoms. The summed E-state index contributed by atoms with van der Waals surface area (Å²) in [6.07, 6.45) is 13.4. The van der Waals surface area contributed by atoms with Crippen molar-refractivity contribution in [3.05, 3.63) is 88.7 Å². The second kappa shape index (κ2) is 14.3. The van der Waals surface area contributed by atoms with Gasteiger partial charge in [0.2, 0.25) is 15.0 Å². The molecule has 7 atom stereocenters. The van der Waals surface area contributed by atoms with Crippen molar-refractivity contribution in [3.63, 3.8) is 0 Å². The molecule has 7 rings (SSSR count). The first-order chi connectivity index (χ1) is 24.1. The number of aryl methyl sites for hydroxylation is 1. The summed E-state index contributed by atoms with van der Waals surface area (Å²) in [7, 11) is -2.27. The predicted octanol–water partition coefficient (Wildman–Crippen LogP) is 6.61. The Balaban J connectivity index is 1.11. The zero-order chi connectivity index (χ0) is 35.0. The third-order valence-corrected chi connectivity index (χ3v) is 14.3. The van der Waals surface area contributed by atoms with Gasteiger partial charge in [0.25, 0.3) is 0 Å². The van der Waals surface area contributed by atoms with Crippen LogP contribution >= 0.6 is 11.6 Å². The molecule has 2 fully saturated rings. The molecule has 266 valence electrons. The number of esters is 1. The second-order valence-corrected chi connectivity index (χ2v) is 17.2. The number of methoxy groups -OCH3 is 1. The number of aromatic nitrogens is 2. The standard InChI is InChI=1S/C39H46ClN3O6S/c1-25-26(6-3-8-36(25)50(46,47)38-41-18-5-19-42-38)10-15-34(44)31-13-9-29(31)22-43-23-39(17-4-7-27-20-30(40)12-14-32(27)39)24-49-35-16-11-28(21-33(35)43)37(45)48-2/h5,10-12,14-16,18-21,25-26,29,31,34,36,44H,3-4,6-9,13,17,22-24H2,1-2H3/b15-10+/t25-,26-,29-,31+,34-,36+,39-/m0/s1. The topological polar surface area (TPSA) is 119 Å². The van der Waals surface area contributed by atoms with E-state index in [4.69, 9.17) is 21.1 Å². The number of ether oxygens (including phenoxy) is 2. The minimum atomic E-state index is -3.66. The number of anilines is 1. The number of sulfone groups is 1. The molecule has 0 radical (unpaired) electrons. The zero-order valence-electron chi connectivity index (χ0n) is 28.7. The summed E-state index contributed by atoms with van der Waals surface area (Å²) >= 11 is 6.43. The minimum absolute atomic E-state index is 0.0338. The van der Waals surface area contributed by atoms with Gasteiger partial charge in [0.15, 0.2) is 0 Å². The van der Waals surface area contributed by atoms with Crippen molar-refractivity contribution in [2.45, 2.75) is 80.2 Å². The Morgan fingerprint density at radius 1 is 1.14 bits per heavy atom. The third-order valence-electron chi connectivity index (χ3n) is 11.9. The van der Waals surface area contributed by atoms with E-state index < -0.39 is 27.2 Å². The van der Waals surface area contributed by atoms with Crippen LogP contribution in [0.1, 0.15) is 73.4 Å². The van der Waals surface area contributed by atoms with E-state index >= 15 is 0 Å². The number of aliphatic hydroxyl groups is 1. The molecular formula is C39H46ClN3O6S. The highest BCUT2D eigenvalue weighted by Crippen LogP contribution is 2.47. The molecule has 2 heterocycles. The number of benzene rings is 2. The van der Waals surface area contributed by atoms with Crippen LogP contribution in [0.5, 0.6) is 5.75 Å². The van der Waals surface area contributed by atoms with Crippen LogP contribution in [-0.2, 0) is 26.4 Å². The molecule has 1 aliphatic heterocycles. The number of carbonyl (C=O) groups excluding carboxylic acids is 1. The van der Waals surface area contributed by atoms with Crippen LogP contribution in [-0.4, -0.2) is 67.6 Å². The fourth-order valence-corrected chi connectivity index (χ4v) is 11.1.